The van der Waals surface area contributed by atoms with Gasteiger partial charge in [0.1, 0.15) is 18.1 Å². The van der Waals surface area contributed by atoms with Crippen LogP contribution in [0.4, 0.5) is 0 Å². The molecule has 1 saturated heterocycles. The molecule has 0 saturated carbocycles. The number of nitrogens with zero attached hydrogens (tertiary/aromatic N) is 1. The normalized spacial score (nSPS) is 16.4. The van der Waals surface area contributed by atoms with Crippen molar-refractivity contribution >= 4 is 23.7 Å². The van der Waals surface area contributed by atoms with Crippen molar-refractivity contribution in [3.05, 3.63) is 61.2 Å². The van der Waals surface area contributed by atoms with Crippen LogP contribution < -0.4 is 16.1 Å². The van der Waals surface area contributed by atoms with Gasteiger partial charge in [-0.3, -0.25) is 24.2 Å². The van der Waals surface area contributed by atoms with Crippen LogP contribution in [0.15, 0.2) is 55.6 Å². The number of hydrogen-bond donors (Lipinski definition) is 3. The van der Waals surface area contributed by atoms with Crippen LogP contribution in [0.25, 0.3) is 0 Å². The molecule has 0 bridgehead atoms. The molecule has 0 aromatic heterocycles. The topological polar surface area (TPSA) is 117 Å². The summed E-state index contributed by atoms with van der Waals surface area (Å²) < 4.78 is 5.42. The van der Waals surface area contributed by atoms with Gasteiger partial charge in [-0.05, 0) is 62.8 Å². The lowest BCUT2D eigenvalue weighted by atomic mass is 10.00. The third-order valence-electron chi connectivity index (χ3n) is 7.01. The molecule has 1 aromatic carbocycles. The number of rotatable bonds is 18. The number of carbonyl (C=O) groups is 4. The zero-order valence-corrected chi connectivity index (χ0v) is 24.7. The molecule has 1 heterocycles. The molecule has 3 N–H and O–H groups in total. The monoisotopic (exact) mass is 568 g/mol. The first-order valence-electron chi connectivity index (χ1n) is 14.9. The predicted octanol–water partition coefficient (Wildman–Crippen LogP) is 4.00. The smallest absolute Gasteiger partial charge is 0.324 e. The molecule has 0 unspecified atom stereocenters. The van der Waals surface area contributed by atoms with Crippen LogP contribution >= 0.6 is 0 Å². The Balaban J connectivity index is 2.09. The summed E-state index contributed by atoms with van der Waals surface area (Å²) in [5.41, 5.74) is 3.91. The van der Waals surface area contributed by atoms with Gasteiger partial charge in [0.2, 0.25) is 11.8 Å². The first-order valence-corrected chi connectivity index (χ1v) is 14.9. The molecule has 41 heavy (non-hydrogen) atoms. The van der Waals surface area contributed by atoms with Crippen molar-refractivity contribution < 1.29 is 23.9 Å². The Kier molecular flexibility index (Phi) is 15.5. The van der Waals surface area contributed by atoms with Crippen LogP contribution in [0.2, 0.25) is 0 Å². The number of amides is 3. The average molecular weight is 569 g/mol. The van der Waals surface area contributed by atoms with E-state index in [0.29, 0.717) is 38.8 Å². The second-order valence-corrected chi connectivity index (χ2v) is 10.8. The SMILES string of the molecule is C=CCCCCOC(=O)[C@@H]1CCCN(C(=O)[C@H](Cc2ccccc2)NC(=O)[C@@H](NC(=O)CCCCC=C)C(C)C)N1. The minimum Gasteiger partial charge on any atom is -0.464 e. The lowest BCUT2D eigenvalue weighted by Gasteiger charge is -2.35. The Morgan fingerprint density at radius 1 is 1.02 bits per heavy atom. The van der Waals surface area contributed by atoms with E-state index in [1.807, 2.05) is 56.3 Å². The molecule has 0 radical (unpaired) electrons. The summed E-state index contributed by atoms with van der Waals surface area (Å²) in [6.45, 7) is 11.8. The van der Waals surface area contributed by atoms with Gasteiger partial charge in [0.05, 0.1) is 6.61 Å². The Hall–Kier alpha value is -3.46. The first kappa shape index (κ1) is 33.7. The predicted molar refractivity (Wildman–Crippen MR) is 160 cm³/mol. The highest BCUT2D eigenvalue weighted by atomic mass is 16.5. The highest BCUT2D eigenvalue weighted by Gasteiger charge is 2.35. The van der Waals surface area contributed by atoms with Crippen LogP contribution in [0, 0.1) is 5.92 Å². The molecular weight excluding hydrogens is 520 g/mol. The highest BCUT2D eigenvalue weighted by Crippen LogP contribution is 2.14. The Bertz CT molecular complexity index is 997. The van der Waals surface area contributed by atoms with Crippen molar-refractivity contribution in [3.63, 3.8) is 0 Å². The number of allylic oxidation sites excluding steroid dienone is 2. The maximum Gasteiger partial charge on any atom is 0.324 e. The third-order valence-corrected chi connectivity index (χ3v) is 7.01. The maximum atomic E-state index is 13.7. The van der Waals surface area contributed by atoms with Gasteiger partial charge in [-0.2, -0.15) is 0 Å². The number of esters is 1. The molecule has 3 amide bonds. The van der Waals surface area contributed by atoms with E-state index >= 15 is 0 Å². The second-order valence-electron chi connectivity index (χ2n) is 10.8. The van der Waals surface area contributed by atoms with Crippen molar-refractivity contribution in [2.24, 2.45) is 5.92 Å². The number of nitrogens with one attached hydrogen (secondary N) is 3. The summed E-state index contributed by atoms with van der Waals surface area (Å²) in [4.78, 5) is 52.4. The van der Waals surface area contributed by atoms with E-state index in [1.54, 1.807) is 0 Å². The van der Waals surface area contributed by atoms with Crippen LogP contribution in [0.1, 0.15) is 77.2 Å². The number of hydrazine groups is 1. The number of benzene rings is 1. The standard InChI is InChI=1S/C32H48N4O5/c1-5-7-9-14-20-28(37)34-29(24(3)4)30(38)33-27(23-25-17-12-11-13-18-25)31(39)36-21-16-19-26(35-36)32(40)41-22-15-10-8-6-2/h5-6,11-13,17-18,24,26-27,29,35H,1-2,7-10,14-16,19-23H2,3-4H3,(H,33,38)(H,34,37)/t26-,27-,29-/m0/s1. The van der Waals surface area contributed by atoms with Gasteiger partial charge < -0.3 is 15.4 Å². The molecule has 1 aliphatic rings. The fraction of sp³-hybridized carbons (Fsp3) is 0.562. The summed E-state index contributed by atoms with van der Waals surface area (Å²) in [5.74, 6) is -1.53. The Morgan fingerprint density at radius 2 is 1.71 bits per heavy atom. The molecule has 1 aliphatic heterocycles. The fourth-order valence-electron chi connectivity index (χ4n) is 4.63. The lowest BCUT2D eigenvalue weighted by molar-refractivity contribution is -0.153. The molecular formula is C32H48N4O5. The van der Waals surface area contributed by atoms with E-state index in [9.17, 15) is 19.2 Å². The van der Waals surface area contributed by atoms with E-state index in [1.165, 1.54) is 5.01 Å². The van der Waals surface area contributed by atoms with Crippen molar-refractivity contribution in [1.29, 1.82) is 0 Å². The van der Waals surface area contributed by atoms with Crippen molar-refractivity contribution in [3.8, 4) is 0 Å². The highest BCUT2D eigenvalue weighted by molar-refractivity contribution is 5.92. The van der Waals surface area contributed by atoms with E-state index in [0.717, 1.165) is 37.7 Å². The fourth-order valence-corrected chi connectivity index (χ4v) is 4.63. The average Bonchev–Trinajstić information content (AvgIpc) is 2.97. The summed E-state index contributed by atoms with van der Waals surface area (Å²) in [5, 5.41) is 7.17. The largest absolute Gasteiger partial charge is 0.464 e. The number of carbonyl (C=O) groups excluding carboxylic acids is 4. The van der Waals surface area contributed by atoms with Gasteiger partial charge in [0.15, 0.2) is 0 Å². The van der Waals surface area contributed by atoms with Crippen molar-refractivity contribution in [1.82, 2.24) is 21.1 Å². The minimum atomic E-state index is -0.892. The van der Waals surface area contributed by atoms with Crippen LogP contribution in [-0.2, 0) is 30.3 Å². The van der Waals surface area contributed by atoms with Gasteiger partial charge in [-0.1, -0.05) is 56.3 Å². The molecule has 9 heteroatoms. The zero-order valence-electron chi connectivity index (χ0n) is 24.7. The molecule has 1 aromatic rings. The zero-order chi connectivity index (χ0) is 30.0. The van der Waals surface area contributed by atoms with Gasteiger partial charge in [0.25, 0.3) is 5.91 Å². The maximum absolute atomic E-state index is 13.7. The summed E-state index contributed by atoms with van der Waals surface area (Å²) in [7, 11) is 0. The van der Waals surface area contributed by atoms with Gasteiger partial charge in [0, 0.05) is 19.4 Å². The van der Waals surface area contributed by atoms with Crippen LogP contribution in [0.3, 0.4) is 0 Å². The summed E-state index contributed by atoms with van der Waals surface area (Å²) >= 11 is 0. The van der Waals surface area contributed by atoms with Gasteiger partial charge in [-0.15, -0.1) is 13.2 Å². The molecule has 0 spiro atoms. The molecule has 2 rings (SSSR count). The molecule has 1 fully saturated rings. The molecule has 3 atom stereocenters. The van der Waals surface area contributed by atoms with Crippen molar-refractivity contribution in [2.45, 2.75) is 96.2 Å². The Labute approximate surface area is 245 Å². The Morgan fingerprint density at radius 3 is 2.37 bits per heavy atom. The molecule has 226 valence electrons. The quantitative estimate of drug-likeness (QED) is 0.140. The summed E-state index contributed by atoms with van der Waals surface area (Å²) in [6.07, 6.45) is 10.3. The van der Waals surface area contributed by atoms with E-state index in [2.05, 4.69) is 29.2 Å². The van der Waals surface area contributed by atoms with Crippen LogP contribution in [0.5, 0.6) is 0 Å². The molecule has 0 aliphatic carbocycles. The number of hydrogen-bond acceptors (Lipinski definition) is 6. The van der Waals surface area contributed by atoms with E-state index in [-0.39, 0.29) is 30.1 Å². The molecule has 9 nitrogen and oxygen atoms in total. The number of unbranched alkanes of at least 4 members (excludes halogenated alkanes) is 4. The van der Waals surface area contributed by atoms with Gasteiger partial charge >= 0.3 is 5.97 Å². The lowest BCUT2D eigenvalue weighted by Crippen LogP contribution is -2.62. The minimum absolute atomic E-state index is 0.182. The van der Waals surface area contributed by atoms with E-state index < -0.39 is 24.0 Å². The first-order chi connectivity index (χ1) is 19.8. The van der Waals surface area contributed by atoms with Crippen molar-refractivity contribution in [2.75, 3.05) is 13.2 Å². The third kappa shape index (κ3) is 12.3. The number of ether oxygens (including phenoxy) is 1. The van der Waals surface area contributed by atoms with Gasteiger partial charge in [-0.25, -0.2) is 5.43 Å². The second kappa shape index (κ2) is 18.8. The summed E-state index contributed by atoms with van der Waals surface area (Å²) in [6, 6.07) is 7.12. The van der Waals surface area contributed by atoms with E-state index in [4.69, 9.17) is 4.74 Å². The van der Waals surface area contributed by atoms with Crippen LogP contribution in [-0.4, -0.2) is 60.0 Å².